The summed E-state index contributed by atoms with van der Waals surface area (Å²) in [4.78, 5) is 11.8. The van der Waals surface area contributed by atoms with Crippen LogP contribution in [0.5, 0.6) is 0 Å². The minimum atomic E-state index is -0.446. The maximum absolute atomic E-state index is 11.8. The van der Waals surface area contributed by atoms with Crippen molar-refractivity contribution in [3.63, 3.8) is 0 Å². The minimum Gasteiger partial charge on any atom is -0.462 e. The molecule has 0 unspecified atom stereocenters. The van der Waals surface area contributed by atoms with Gasteiger partial charge in [0.1, 0.15) is 17.0 Å². The van der Waals surface area contributed by atoms with Gasteiger partial charge in [-0.1, -0.05) is 5.16 Å². The molecule has 0 spiro atoms. The summed E-state index contributed by atoms with van der Waals surface area (Å²) in [7, 11) is 0. The average Bonchev–Trinajstić information content (AvgIpc) is 2.73. The lowest BCUT2D eigenvalue weighted by Gasteiger charge is -2.01. The smallest absolute Gasteiger partial charge is 0.344 e. The van der Waals surface area contributed by atoms with Crippen molar-refractivity contribution in [3.05, 3.63) is 29.8 Å². The predicted octanol–water partition coefficient (Wildman–Crippen LogP) is 1.62. The number of hydrogen-bond acceptors (Lipinski definition) is 6. The summed E-state index contributed by atoms with van der Waals surface area (Å²) in [6.07, 6.45) is 3.04. The largest absolute Gasteiger partial charge is 0.462 e. The number of esters is 1. The lowest BCUT2D eigenvalue weighted by atomic mass is 10.1. The quantitative estimate of drug-likeness (QED) is 0.749. The summed E-state index contributed by atoms with van der Waals surface area (Å²) in [6.45, 7) is 3.71. The third-order valence-corrected chi connectivity index (χ3v) is 2.20. The number of carbonyl (C=O) groups is 1. The highest BCUT2D eigenvalue weighted by Gasteiger charge is 2.22. The molecule has 0 aliphatic rings. The minimum absolute atomic E-state index is 0.303. The molecule has 88 valence electrons. The highest BCUT2D eigenvalue weighted by molar-refractivity contribution is 5.96. The Morgan fingerprint density at radius 3 is 2.94 bits per heavy atom. The molecule has 6 heteroatoms. The standard InChI is InChI=1S/C11H11N3O3/c1-3-16-11(15)9-7(2)17-14-10(9)8-4-5-12-13-6-8/h4-6H,3H2,1-2H3. The zero-order valence-corrected chi connectivity index (χ0v) is 9.51. The molecule has 2 rings (SSSR count). The first-order valence-electron chi connectivity index (χ1n) is 5.14. The van der Waals surface area contributed by atoms with Gasteiger partial charge in [-0.25, -0.2) is 4.79 Å². The first-order valence-corrected chi connectivity index (χ1v) is 5.14. The first kappa shape index (κ1) is 11.3. The van der Waals surface area contributed by atoms with E-state index in [1.54, 1.807) is 19.9 Å². The fraction of sp³-hybridized carbons (Fsp3) is 0.273. The fourth-order valence-electron chi connectivity index (χ4n) is 1.44. The number of aryl methyl sites for hydroxylation is 1. The molecule has 0 saturated carbocycles. The Kier molecular flexibility index (Phi) is 3.13. The van der Waals surface area contributed by atoms with Crippen LogP contribution in [0.3, 0.4) is 0 Å². The zero-order chi connectivity index (χ0) is 12.3. The van der Waals surface area contributed by atoms with Gasteiger partial charge in [0.2, 0.25) is 0 Å². The molecule has 0 N–H and O–H groups in total. The summed E-state index contributed by atoms with van der Waals surface area (Å²) in [5, 5.41) is 11.2. The van der Waals surface area contributed by atoms with Gasteiger partial charge in [0, 0.05) is 5.56 Å². The predicted molar refractivity (Wildman–Crippen MR) is 58.2 cm³/mol. The van der Waals surface area contributed by atoms with Crippen LogP contribution in [0, 0.1) is 6.92 Å². The Bertz CT molecular complexity index is 522. The second kappa shape index (κ2) is 4.73. The molecule has 0 aromatic carbocycles. The average molecular weight is 233 g/mol. The molecule has 0 fully saturated rings. The van der Waals surface area contributed by atoms with Gasteiger partial charge in [0.15, 0.2) is 0 Å². The molecular weight excluding hydrogens is 222 g/mol. The number of hydrogen-bond donors (Lipinski definition) is 0. The number of nitrogens with zero attached hydrogens (tertiary/aromatic N) is 3. The zero-order valence-electron chi connectivity index (χ0n) is 9.51. The van der Waals surface area contributed by atoms with Gasteiger partial charge in [-0.05, 0) is 19.9 Å². The van der Waals surface area contributed by atoms with E-state index in [9.17, 15) is 4.79 Å². The van der Waals surface area contributed by atoms with Crippen LogP contribution in [-0.2, 0) is 4.74 Å². The van der Waals surface area contributed by atoms with E-state index in [0.29, 0.717) is 29.2 Å². The maximum atomic E-state index is 11.8. The molecule has 2 aromatic rings. The lowest BCUT2D eigenvalue weighted by Crippen LogP contribution is -2.06. The molecule has 0 atom stereocenters. The van der Waals surface area contributed by atoms with Crippen LogP contribution >= 0.6 is 0 Å². The Morgan fingerprint density at radius 2 is 2.29 bits per heavy atom. The van der Waals surface area contributed by atoms with E-state index >= 15 is 0 Å². The second-order valence-corrected chi connectivity index (χ2v) is 3.31. The molecule has 17 heavy (non-hydrogen) atoms. The van der Waals surface area contributed by atoms with Crippen LogP contribution in [0.1, 0.15) is 23.0 Å². The third-order valence-electron chi connectivity index (χ3n) is 2.20. The van der Waals surface area contributed by atoms with Gasteiger partial charge in [-0.15, -0.1) is 0 Å². The van der Waals surface area contributed by atoms with Gasteiger partial charge >= 0.3 is 5.97 Å². The van der Waals surface area contributed by atoms with Crippen LogP contribution in [0.2, 0.25) is 0 Å². The molecule has 2 aromatic heterocycles. The summed E-state index contributed by atoms with van der Waals surface area (Å²) in [5.74, 6) is -0.0201. The lowest BCUT2D eigenvalue weighted by molar-refractivity contribution is 0.0525. The van der Waals surface area contributed by atoms with Crippen molar-refractivity contribution in [1.82, 2.24) is 15.4 Å². The molecule has 0 radical (unpaired) electrons. The number of carbonyl (C=O) groups excluding carboxylic acids is 1. The van der Waals surface area contributed by atoms with Crippen molar-refractivity contribution in [3.8, 4) is 11.3 Å². The van der Waals surface area contributed by atoms with E-state index in [1.807, 2.05) is 0 Å². The van der Waals surface area contributed by atoms with E-state index in [-0.39, 0.29) is 0 Å². The highest BCUT2D eigenvalue weighted by atomic mass is 16.5. The van der Waals surface area contributed by atoms with Crippen LogP contribution in [0.15, 0.2) is 23.0 Å². The second-order valence-electron chi connectivity index (χ2n) is 3.31. The third kappa shape index (κ3) is 2.15. The molecule has 0 aliphatic heterocycles. The summed E-state index contributed by atoms with van der Waals surface area (Å²) < 4.78 is 9.97. The SMILES string of the molecule is CCOC(=O)c1c(-c2ccnnc2)noc1C. The molecule has 0 amide bonds. The van der Waals surface area contributed by atoms with E-state index in [2.05, 4.69) is 15.4 Å². The number of ether oxygens (including phenoxy) is 1. The van der Waals surface area contributed by atoms with Crippen LogP contribution in [-0.4, -0.2) is 27.9 Å². The Morgan fingerprint density at radius 1 is 1.47 bits per heavy atom. The maximum Gasteiger partial charge on any atom is 0.344 e. The van der Waals surface area contributed by atoms with Crippen molar-refractivity contribution < 1.29 is 14.1 Å². The molecule has 0 saturated heterocycles. The first-order chi connectivity index (χ1) is 8.24. The van der Waals surface area contributed by atoms with Gasteiger partial charge in [-0.3, -0.25) is 0 Å². The van der Waals surface area contributed by atoms with Crippen molar-refractivity contribution >= 4 is 5.97 Å². The summed E-state index contributed by atoms with van der Waals surface area (Å²) >= 11 is 0. The summed E-state index contributed by atoms with van der Waals surface area (Å²) in [6, 6.07) is 1.70. The van der Waals surface area contributed by atoms with Gasteiger partial charge in [0.25, 0.3) is 0 Å². The normalized spacial score (nSPS) is 10.2. The summed E-state index contributed by atoms with van der Waals surface area (Å²) in [5.41, 5.74) is 1.43. The number of rotatable bonds is 3. The van der Waals surface area contributed by atoms with Gasteiger partial charge in [-0.2, -0.15) is 10.2 Å². The molecule has 6 nitrogen and oxygen atoms in total. The Balaban J connectivity index is 2.46. The van der Waals surface area contributed by atoms with Crippen molar-refractivity contribution in [2.45, 2.75) is 13.8 Å². The highest BCUT2D eigenvalue weighted by Crippen LogP contribution is 2.24. The molecule has 0 bridgehead atoms. The van der Waals surface area contributed by atoms with Crippen molar-refractivity contribution in [2.75, 3.05) is 6.61 Å². The van der Waals surface area contributed by atoms with E-state index < -0.39 is 5.97 Å². The topological polar surface area (TPSA) is 78.1 Å². The molecular formula is C11H11N3O3. The van der Waals surface area contributed by atoms with Crippen LogP contribution < -0.4 is 0 Å². The Labute approximate surface area is 97.6 Å². The van der Waals surface area contributed by atoms with Gasteiger partial charge in [0.05, 0.1) is 19.0 Å². The van der Waals surface area contributed by atoms with E-state index in [0.717, 1.165) is 0 Å². The number of aromatic nitrogens is 3. The van der Waals surface area contributed by atoms with Crippen LogP contribution in [0.25, 0.3) is 11.3 Å². The molecule has 0 aliphatic carbocycles. The Hall–Kier alpha value is -2.24. The van der Waals surface area contributed by atoms with E-state index in [4.69, 9.17) is 9.26 Å². The fourth-order valence-corrected chi connectivity index (χ4v) is 1.44. The van der Waals surface area contributed by atoms with Crippen molar-refractivity contribution in [2.24, 2.45) is 0 Å². The monoisotopic (exact) mass is 233 g/mol. The van der Waals surface area contributed by atoms with Gasteiger partial charge < -0.3 is 9.26 Å². The van der Waals surface area contributed by atoms with Crippen molar-refractivity contribution in [1.29, 1.82) is 0 Å². The van der Waals surface area contributed by atoms with Crippen LogP contribution in [0.4, 0.5) is 0 Å². The van der Waals surface area contributed by atoms with E-state index in [1.165, 1.54) is 12.4 Å². The molecule has 2 heterocycles.